The molecule has 2 aromatic rings. The Bertz CT molecular complexity index is 553. The lowest BCUT2D eigenvalue weighted by Gasteiger charge is -2.15. The molecule has 4 heteroatoms. The van der Waals surface area contributed by atoms with E-state index in [1.165, 1.54) is 18.2 Å². The quantitative estimate of drug-likeness (QED) is 0.682. The molecule has 0 spiro atoms. The Morgan fingerprint density at radius 2 is 1.68 bits per heavy atom. The Balaban J connectivity index is 2.24. The molecule has 0 heterocycles. The molecule has 100 valence electrons. The molecule has 0 radical (unpaired) electrons. The molecule has 0 bridgehead atoms. The van der Waals surface area contributed by atoms with Crippen molar-refractivity contribution in [3.05, 3.63) is 70.2 Å². The zero-order chi connectivity index (χ0) is 13.8. The lowest BCUT2D eigenvalue weighted by molar-refractivity contribution is 0.597. The van der Waals surface area contributed by atoms with Gasteiger partial charge in [0.05, 0.1) is 5.02 Å². The first-order valence-electron chi connectivity index (χ1n) is 5.86. The summed E-state index contributed by atoms with van der Waals surface area (Å²) >= 11 is 11.7. The van der Waals surface area contributed by atoms with Gasteiger partial charge in [0.2, 0.25) is 0 Å². The normalized spacial score (nSPS) is 12.4. The highest BCUT2D eigenvalue weighted by Gasteiger charge is 2.15. The molecular formula is C15H12Cl2F2. The van der Waals surface area contributed by atoms with Crippen molar-refractivity contribution in [1.29, 1.82) is 0 Å². The van der Waals surface area contributed by atoms with E-state index in [2.05, 4.69) is 0 Å². The van der Waals surface area contributed by atoms with E-state index in [0.717, 1.165) is 5.56 Å². The van der Waals surface area contributed by atoms with Crippen LogP contribution in [0.5, 0.6) is 0 Å². The predicted molar refractivity (Wildman–Crippen MR) is 75.0 cm³/mol. The van der Waals surface area contributed by atoms with Crippen LogP contribution < -0.4 is 0 Å². The molecule has 0 amide bonds. The summed E-state index contributed by atoms with van der Waals surface area (Å²) in [5, 5.41) is 0.102. The number of halogens is 4. The molecule has 1 unspecified atom stereocenters. The van der Waals surface area contributed by atoms with Gasteiger partial charge in [-0.2, -0.15) is 0 Å². The second-order valence-electron chi connectivity index (χ2n) is 4.32. The van der Waals surface area contributed by atoms with E-state index in [1.54, 1.807) is 24.3 Å². The molecule has 0 N–H and O–H groups in total. The standard InChI is InChI=1S/C15H12Cl2F2/c16-9-12(10-4-6-13(18)7-5-10)8-11-2-1-3-14(17)15(11)19/h1-7,12H,8-9H2. The van der Waals surface area contributed by atoms with Crippen LogP contribution in [0.1, 0.15) is 17.0 Å². The van der Waals surface area contributed by atoms with Crippen LogP contribution in [0.15, 0.2) is 42.5 Å². The second kappa shape index (κ2) is 6.36. The summed E-state index contributed by atoms with van der Waals surface area (Å²) in [6.07, 6.45) is 0.432. The molecule has 0 aliphatic heterocycles. The van der Waals surface area contributed by atoms with Gasteiger partial charge in [-0.05, 0) is 35.7 Å². The van der Waals surface area contributed by atoms with Crippen LogP contribution in [0.4, 0.5) is 8.78 Å². The van der Waals surface area contributed by atoms with E-state index >= 15 is 0 Å². The van der Waals surface area contributed by atoms with Crippen molar-refractivity contribution >= 4 is 23.2 Å². The van der Waals surface area contributed by atoms with E-state index in [9.17, 15) is 8.78 Å². The first-order valence-corrected chi connectivity index (χ1v) is 6.77. The van der Waals surface area contributed by atoms with Crippen LogP contribution in [0, 0.1) is 11.6 Å². The van der Waals surface area contributed by atoms with Crippen molar-refractivity contribution < 1.29 is 8.78 Å². The third-order valence-electron chi connectivity index (χ3n) is 3.03. The first-order chi connectivity index (χ1) is 9.11. The smallest absolute Gasteiger partial charge is 0.144 e. The fourth-order valence-corrected chi connectivity index (χ4v) is 2.45. The topological polar surface area (TPSA) is 0 Å². The van der Waals surface area contributed by atoms with E-state index in [0.29, 0.717) is 17.9 Å². The lowest BCUT2D eigenvalue weighted by atomic mass is 9.93. The van der Waals surface area contributed by atoms with Crippen LogP contribution in [-0.2, 0) is 6.42 Å². The first kappa shape index (κ1) is 14.3. The maximum Gasteiger partial charge on any atom is 0.144 e. The third kappa shape index (κ3) is 3.46. The number of rotatable bonds is 4. The van der Waals surface area contributed by atoms with Gasteiger partial charge in [-0.25, -0.2) is 8.78 Å². The Kier molecular flexibility index (Phi) is 4.78. The molecule has 0 fully saturated rings. The highest BCUT2D eigenvalue weighted by atomic mass is 35.5. The maximum atomic E-state index is 13.8. The van der Waals surface area contributed by atoms with Gasteiger partial charge in [-0.3, -0.25) is 0 Å². The van der Waals surface area contributed by atoms with E-state index in [-0.39, 0.29) is 16.8 Å². The molecule has 0 aliphatic rings. The van der Waals surface area contributed by atoms with E-state index in [1.807, 2.05) is 0 Å². The summed E-state index contributed by atoms with van der Waals surface area (Å²) in [4.78, 5) is 0. The van der Waals surface area contributed by atoms with E-state index in [4.69, 9.17) is 23.2 Å². The lowest BCUT2D eigenvalue weighted by Crippen LogP contribution is -2.06. The Labute approximate surface area is 121 Å². The van der Waals surface area contributed by atoms with Crippen molar-refractivity contribution in [2.75, 3.05) is 5.88 Å². The average molecular weight is 301 g/mol. The Morgan fingerprint density at radius 3 is 2.32 bits per heavy atom. The third-order valence-corrected chi connectivity index (χ3v) is 3.69. The molecule has 0 nitrogen and oxygen atoms in total. The van der Waals surface area contributed by atoms with Gasteiger partial charge in [-0.1, -0.05) is 35.9 Å². The van der Waals surface area contributed by atoms with Crippen LogP contribution in [0.2, 0.25) is 5.02 Å². The van der Waals surface area contributed by atoms with Gasteiger partial charge < -0.3 is 0 Å². The van der Waals surface area contributed by atoms with Crippen molar-refractivity contribution in [3.8, 4) is 0 Å². The van der Waals surface area contributed by atoms with Crippen molar-refractivity contribution in [2.45, 2.75) is 12.3 Å². The molecule has 0 saturated carbocycles. The molecule has 2 aromatic carbocycles. The molecule has 0 aromatic heterocycles. The van der Waals surface area contributed by atoms with Gasteiger partial charge in [0.25, 0.3) is 0 Å². The molecule has 19 heavy (non-hydrogen) atoms. The van der Waals surface area contributed by atoms with Crippen LogP contribution >= 0.6 is 23.2 Å². The fourth-order valence-electron chi connectivity index (χ4n) is 1.97. The Hall–Kier alpha value is -1.12. The number of hydrogen-bond donors (Lipinski definition) is 0. The summed E-state index contributed by atoms with van der Waals surface area (Å²) in [5.41, 5.74) is 1.40. The van der Waals surface area contributed by atoms with Gasteiger partial charge >= 0.3 is 0 Å². The van der Waals surface area contributed by atoms with Crippen LogP contribution in [-0.4, -0.2) is 5.88 Å². The number of alkyl halides is 1. The SMILES string of the molecule is Fc1ccc(C(CCl)Cc2cccc(Cl)c2F)cc1. The Morgan fingerprint density at radius 1 is 1.00 bits per heavy atom. The van der Waals surface area contributed by atoms with Crippen molar-refractivity contribution in [2.24, 2.45) is 0 Å². The monoisotopic (exact) mass is 300 g/mol. The average Bonchev–Trinajstić information content (AvgIpc) is 2.42. The van der Waals surface area contributed by atoms with Gasteiger partial charge in [0.1, 0.15) is 11.6 Å². The van der Waals surface area contributed by atoms with Gasteiger partial charge in [0, 0.05) is 11.8 Å². The van der Waals surface area contributed by atoms with Crippen molar-refractivity contribution in [1.82, 2.24) is 0 Å². The largest absolute Gasteiger partial charge is 0.207 e. The molecule has 1 atom stereocenters. The minimum absolute atomic E-state index is 0.0739. The van der Waals surface area contributed by atoms with Gasteiger partial charge in [0.15, 0.2) is 0 Å². The molecule has 0 saturated heterocycles. The summed E-state index contributed by atoms with van der Waals surface area (Å²) < 4.78 is 26.7. The van der Waals surface area contributed by atoms with Crippen molar-refractivity contribution in [3.63, 3.8) is 0 Å². The fraction of sp³-hybridized carbons (Fsp3) is 0.200. The second-order valence-corrected chi connectivity index (χ2v) is 5.04. The maximum absolute atomic E-state index is 13.8. The summed E-state index contributed by atoms with van der Waals surface area (Å²) in [6.45, 7) is 0. The molecular weight excluding hydrogens is 289 g/mol. The molecule has 2 rings (SSSR count). The van der Waals surface area contributed by atoms with E-state index < -0.39 is 5.82 Å². The highest BCUT2D eigenvalue weighted by molar-refractivity contribution is 6.30. The predicted octanol–water partition coefficient (Wildman–Crippen LogP) is 5.18. The molecule has 0 aliphatic carbocycles. The summed E-state index contributed by atoms with van der Waals surface area (Å²) in [5.74, 6) is -0.458. The highest BCUT2D eigenvalue weighted by Crippen LogP contribution is 2.26. The minimum Gasteiger partial charge on any atom is -0.207 e. The summed E-state index contributed by atoms with van der Waals surface area (Å²) in [7, 11) is 0. The summed E-state index contributed by atoms with van der Waals surface area (Å²) in [6, 6.07) is 11.0. The van der Waals surface area contributed by atoms with Crippen LogP contribution in [0.25, 0.3) is 0 Å². The zero-order valence-electron chi connectivity index (χ0n) is 10.0. The van der Waals surface area contributed by atoms with Crippen LogP contribution in [0.3, 0.4) is 0 Å². The number of hydrogen-bond acceptors (Lipinski definition) is 0. The number of benzene rings is 2. The van der Waals surface area contributed by atoms with Gasteiger partial charge in [-0.15, -0.1) is 11.6 Å². The minimum atomic E-state index is -0.415. The zero-order valence-corrected chi connectivity index (χ0v) is 11.6.